The molecule has 0 heterocycles. The zero-order chi connectivity index (χ0) is 9.56. The minimum absolute atomic E-state index is 0.533. The van der Waals surface area contributed by atoms with Crippen LogP contribution < -0.4 is 5.46 Å². The molecule has 0 spiro atoms. The number of hydrogen-bond acceptors (Lipinski definition) is 2. The first-order valence-electron chi connectivity index (χ1n) is 4.13. The molecular formula is C9H15BO2. The average molecular weight is 166 g/mol. The van der Waals surface area contributed by atoms with Gasteiger partial charge in [0.1, 0.15) is 0 Å². The van der Waals surface area contributed by atoms with E-state index < -0.39 is 7.12 Å². The monoisotopic (exact) mass is 166 g/mol. The van der Waals surface area contributed by atoms with Gasteiger partial charge in [0.05, 0.1) is 0 Å². The van der Waals surface area contributed by atoms with Gasteiger partial charge < -0.3 is 10.0 Å². The van der Waals surface area contributed by atoms with Crippen molar-refractivity contribution in [2.45, 2.75) is 20.8 Å². The first-order valence-corrected chi connectivity index (χ1v) is 4.13. The van der Waals surface area contributed by atoms with Crippen molar-refractivity contribution in [2.24, 2.45) is 0 Å². The molecule has 0 bridgehead atoms. The minimum atomic E-state index is -1.35. The topological polar surface area (TPSA) is 40.5 Å². The van der Waals surface area contributed by atoms with Crippen molar-refractivity contribution in [2.75, 3.05) is 0 Å². The van der Waals surface area contributed by atoms with E-state index in [0.717, 1.165) is 5.56 Å². The smallest absolute Gasteiger partial charge is 0.423 e. The lowest BCUT2D eigenvalue weighted by molar-refractivity contribution is 0.426. The maximum absolute atomic E-state index is 8.67. The highest BCUT2D eigenvalue weighted by atomic mass is 16.4. The van der Waals surface area contributed by atoms with Crippen LogP contribution in [-0.2, 0) is 0 Å². The van der Waals surface area contributed by atoms with Crippen molar-refractivity contribution in [1.29, 1.82) is 0 Å². The number of benzene rings is 1. The number of rotatable bonds is 1. The molecule has 2 nitrogen and oxygen atoms in total. The van der Waals surface area contributed by atoms with Crippen LogP contribution in [0.2, 0.25) is 0 Å². The molecule has 0 aliphatic rings. The Hall–Kier alpha value is -0.795. The minimum Gasteiger partial charge on any atom is -0.423 e. The molecule has 0 fully saturated rings. The first-order chi connectivity index (χ1) is 5.70. The lowest BCUT2D eigenvalue weighted by Crippen LogP contribution is -2.29. The van der Waals surface area contributed by atoms with Gasteiger partial charge in [-0.25, -0.2) is 0 Å². The summed E-state index contributed by atoms with van der Waals surface area (Å²) < 4.78 is 0. The van der Waals surface area contributed by atoms with E-state index in [2.05, 4.69) is 0 Å². The zero-order valence-electron chi connectivity index (χ0n) is 7.78. The van der Waals surface area contributed by atoms with Crippen LogP contribution in [0.3, 0.4) is 0 Å². The Morgan fingerprint density at radius 1 is 1.00 bits per heavy atom. The number of aryl methyl sites for hydroxylation is 1. The van der Waals surface area contributed by atoms with E-state index in [9.17, 15) is 0 Å². The van der Waals surface area contributed by atoms with E-state index in [1.807, 2.05) is 32.9 Å². The van der Waals surface area contributed by atoms with Crippen LogP contribution in [0, 0.1) is 6.92 Å². The van der Waals surface area contributed by atoms with E-state index in [0.29, 0.717) is 5.46 Å². The molecule has 0 saturated carbocycles. The summed E-state index contributed by atoms with van der Waals surface area (Å²) in [7, 11) is -1.35. The molecule has 12 heavy (non-hydrogen) atoms. The Morgan fingerprint density at radius 3 is 1.75 bits per heavy atom. The maximum atomic E-state index is 8.67. The Kier molecular flexibility index (Phi) is 5.42. The van der Waals surface area contributed by atoms with E-state index >= 15 is 0 Å². The molecule has 66 valence electrons. The van der Waals surface area contributed by atoms with Crippen LogP contribution in [0.5, 0.6) is 0 Å². The summed E-state index contributed by atoms with van der Waals surface area (Å²) >= 11 is 0. The molecule has 2 N–H and O–H groups in total. The van der Waals surface area contributed by atoms with Crippen molar-refractivity contribution < 1.29 is 10.0 Å². The molecule has 0 radical (unpaired) electrons. The lowest BCUT2D eigenvalue weighted by Gasteiger charge is -1.97. The third-order valence-electron chi connectivity index (χ3n) is 1.38. The molecule has 0 unspecified atom stereocenters. The third kappa shape index (κ3) is 3.55. The summed E-state index contributed by atoms with van der Waals surface area (Å²) in [5.74, 6) is 0. The lowest BCUT2D eigenvalue weighted by atomic mass is 9.80. The standard InChI is InChI=1S/C7H9BO2.C2H6/c1-6-2-4-7(5-3-6)8(9)10;1-2/h2-5,9-10H,1H3;1-2H3. The van der Waals surface area contributed by atoms with Gasteiger partial charge in [0.2, 0.25) is 0 Å². The van der Waals surface area contributed by atoms with Gasteiger partial charge in [-0.15, -0.1) is 0 Å². The van der Waals surface area contributed by atoms with Crippen molar-refractivity contribution >= 4 is 12.6 Å². The van der Waals surface area contributed by atoms with Crippen molar-refractivity contribution in [1.82, 2.24) is 0 Å². The normalized spacial score (nSPS) is 8.42. The van der Waals surface area contributed by atoms with Crippen LogP contribution in [0.25, 0.3) is 0 Å². The summed E-state index contributed by atoms with van der Waals surface area (Å²) in [5, 5.41) is 17.3. The van der Waals surface area contributed by atoms with Gasteiger partial charge in [0.15, 0.2) is 0 Å². The second kappa shape index (κ2) is 5.80. The predicted molar refractivity (Wildman–Crippen MR) is 52.4 cm³/mol. The summed E-state index contributed by atoms with van der Waals surface area (Å²) in [6, 6.07) is 7.07. The van der Waals surface area contributed by atoms with Gasteiger partial charge in [-0.3, -0.25) is 0 Å². The maximum Gasteiger partial charge on any atom is 0.488 e. The predicted octanol–water partition coefficient (Wildman–Crippen LogP) is 0.701. The molecule has 1 aromatic rings. The number of hydrogen-bond donors (Lipinski definition) is 2. The Morgan fingerprint density at radius 2 is 1.42 bits per heavy atom. The van der Waals surface area contributed by atoms with E-state index in [1.165, 1.54) is 0 Å². The molecule has 0 aliphatic heterocycles. The summed E-state index contributed by atoms with van der Waals surface area (Å²) in [5.41, 5.74) is 1.65. The summed E-state index contributed by atoms with van der Waals surface area (Å²) in [4.78, 5) is 0. The largest absolute Gasteiger partial charge is 0.488 e. The second-order valence-electron chi connectivity index (χ2n) is 2.28. The van der Waals surface area contributed by atoms with Gasteiger partial charge in [-0.2, -0.15) is 0 Å². The Balaban J connectivity index is 0.000000561. The highest BCUT2D eigenvalue weighted by Crippen LogP contribution is 1.92. The van der Waals surface area contributed by atoms with Gasteiger partial charge in [-0.05, 0) is 12.4 Å². The first kappa shape index (κ1) is 11.2. The summed E-state index contributed by atoms with van der Waals surface area (Å²) in [6.45, 7) is 5.95. The third-order valence-corrected chi connectivity index (χ3v) is 1.38. The fourth-order valence-electron chi connectivity index (χ4n) is 0.739. The second-order valence-corrected chi connectivity index (χ2v) is 2.28. The van der Waals surface area contributed by atoms with Gasteiger partial charge in [-0.1, -0.05) is 43.7 Å². The summed E-state index contributed by atoms with van der Waals surface area (Å²) in [6.07, 6.45) is 0. The van der Waals surface area contributed by atoms with Gasteiger partial charge in [0.25, 0.3) is 0 Å². The fraction of sp³-hybridized carbons (Fsp3) is 0.333. The van der Waals surface area contributed by atoms with Crippen molar-refractivity contribution in [3.63, 3.8) is 0 Å². The molecule has 0 amide bonds. The van der Waals surface area contributed by atoms with E-state index in [-0.39, 0.29) is 0 Å². The molecule has 0 aliphatic carbocycles. The highest BCUT2D eigenvalue weighted by Gasteiger charge is 2.08. The Labute approximate surface area is 74.0 Å². The quantitative estimate of drug-likeness (QED) is 0.603. The van der Waals surface area contributed by atoms with Crippen LogP contribution in [0.1, 0.15) is 19.4 Å². The van der Waals surface area contributed by atoms with E-state index in [1.54, 1.807) is 12.1 Å². The van der Waals surface area contributed by atoms with Gasteiger partial charge >= 0.3 is 7.12 Å². The molecule has 1 rings (SSSR count). The molecule has 3 heteroatoms. The van der Waals surface area contributed by atoms with Gasteiger partial charge in [0, 0.05) is 0 Å². The zero-order valence-corrected chi connectivity index (χ0v) is 7.78. The molecular weight excluding hydrogens is 151 g/mol. The molecule has 1 aromatic carbocycles. The molecule has 0 aromatic heterocycles. The van der Waals surface area contributed by atoms with Crippen molar-refractivity contribution in [3.8, 4) is 0 Å². The van der Waals surface area contributed by atoms with Crippen LogP contribution in [0.4, 0.5) is 0 Å². The highest BCUT2D eigenvalue weighted by molar-refractivity contribution is 6.58. The molecule has 0 saturated heterocycles. The average Bonchev–Trinajstić information content (AvgIpc) is 2.09. The van der Waals surface area contributed by atoms with Crippen LogP contribution >= 0.6 is 0 Å². The van der Waals surface area contributed by atoms with Crippen LogP contribution in [-0.4, -0.2) is 17.2 Å². The molecule has 0 atom stereocenters. The Bertz CT molecular complexity index is 206. The van der Waals surface area contributed by atoms with Crippen LogP contribution in [0.15, 0.2) is 24.3 Å². The SMILES string of the molecule is CC.Cc1ccc(B(O)O)cc1. The fourth-order valence-corrected chi connectivity index (χ4v) is 0.739. The van der Waals surface area contributed by atoms with E-state index in [4.69, 9.17) is 10.0 Å². The van der Waals surface area contributed by atoms with Crippen molar-refractivity contribution in [3.05, 3.63) is 29.8 Å².